The van der Waals surface area contributed by atoms with E-state index in [0.29, 0.717) is 12.8 Å². The maximum Gasteiger partial charge on any atom is 0.256 e. The van der Waals surface area contributed by atoms with Crippen LogP contribution in [0.2, 0.25) is 0 Å². The topological polar surface area (TPSA) is 12.0 Å². The largest absolute Gasteiger partial charge is 0.309 e. The molecule has 1 N–H and O–H groups in total. The first kappa shape index (κ1) is 12.9. The highest BCUT2D eigenvalue weighted by Gasteiger charge is 2.51. The fraction of sp³-hybridized carbons (Fsp3) is 1.00. The molecule has 1 fully saturated rings. The van der Waals surface area contributed by atoms with Gasteiger partial charge in [-0.1, -0.05) is 27.7 Å². The molecule has 0 aromatic heterocycles. The molecule has 0 aliphatic heterocycles. The molecule has 15 heavy (non-hydrogen) atoms. The van der Waals surface area contributed by atoms with Crippen LogP contribution in [-0.2, 0) is 0 Å². The van der Waals surface area contributed by atoms with E-state index >= 15 is 0 Å². The fourth-order valence-electron chi connectivity index (χ4n) is 3.63. The van der Waals surface area contributed by atoms with Crippen LogP contribution in [0.25, 0.3) is 0 Å². The molecule has 0 bridgehead atoms. The summed E-state index contributed by atoms with van der Waals surface area (Å²) in [5.41, 5.74) is -1.02. The molecule has 0 radical (unpaired) electrons. The molecule has 0 amide bonds. The number of hydrogen-bond acceptors (Lipinski definition) is 1. The molecule has 90 valence electrons. The van der Waals surface area contributed by atoms with Gasteiger partial charge in [0.2, 0.25) is 0 Å². The van der Waals surface area contributed by atoms with Gasteiger partial charge in [-0.3, -0.25) is 0 Å². The molecular weight excluding hydrogens is 196 g/mol. The second-order valence-electron chi connectivity index (χ2n) is 6.57. The Labute approximate surface area is 91.6 Å². The van der Waals surface area contributed by atoms with E-state index in [1.54, 1.807) is 7.05 Å². The van der Waals surface area contributed by atoms with Crippen molar-refractivity contribution in [2.75, 3.05) is 7.05 Å². The summed E-state index contributed by atoms with van der Waals surface area (Å²) >= 11 is 0. The van der Waals surface area contributed by atoms with Gasteiger partial charge in [0.1, 0.15) is 0 Å². The van der Waals surface area contributed by atoms with E-state index in [1.165, 1.54) is 0 Å². The Hall–Kier alpha value is -0.180. The van der Waals surface area contributed by atoms with E-state index in [9.17, 15) is 8.78 Å². The summed E-state index contributed by atoms with van der Waals surface area (Å²) in [5.74, 6) is 0. The summed E-state index contributed by atoms with van der Waals surface area (Å²) in [6.45, 7) is 8.34. The third-order valence-electron chi connectivity index (χ3n) is 3.46. The van der Waals surface area contributed by atoms with Gasteiger partial charge in [-0.25, -0.2) is 8.78 Å². The van der Waals surface area contributed by atoms with Crippen molar-refractivity contribution in [1.29, 1.82) is 0 Å². The zero-order valence-electron chi connectivity index (χ0n) is 10.5. The smallest absolute Gasteiger partial charge is 0.256 e. The monoisotopic (exact) mass is 219 g/mol. The highest BCUT2D eigenvalue weighted by Crippen LogP contribution is 2.51. The van der Waals surface area contributed by atoms with Crippen LogP contribution in [0.4, 0.5) is 8.78 Å². The lowest BCUT2D eigenvalue weighted by Crippen LogP contribution is -2.58. The number of rotatable bonds is 2. The van der Waals surface area contributed by atoms with Crippen molar-refractivity contribution in [3.8, 4) is 0 Å². The standard InChI is InChI=1S/C12H23F2N/c1-10(2)6-11(3,4)8-12(7-10,15-5)9(13)14/h9,15H,6-8H2,1-5H3. The summed E-state index contributed by atoms with van der Waals surface area (Å²) in [6, 6.07) is 0. The van der Waals surface area contributed by atoms with E-state index in [2.05, 4.69) is 33.0 Å². The van der Waals surface area contributed by atoms with Crippen molar-refractivity contribution in [2.24, 2.45) is 10.8 Å². The molecule has 1 saturated carbocycles. The molecular formula is C12H23F2N. The van der Waals surface area contributed by atoms with Crippen molar-refractivity contribution < 1.29 is 8.78 Å². The maximum absolute atomic E-state index is 13.2. The minimum Gasteiger partial charge on any atom is -0.309 e. The van der Waals surface area contributed by atoms with Crippen molar-refractivity contribution in [3.63, 3.8) is 0 Å². The average Bonchev–Trinajstić information content (AvgIpc) is 1.97. The fourth-order valence-corrected chi connectivity index (χ4v) is 3.63. The van der Waals surface area contributed by atoms with Crippen LogP contribution in [0.3, 0.4) is 0 Å². The van der Waals surface area contributed by atoms with E-state index in [-0.39, 0.29) is 10.8 Å². The van der Waals surface area contributed by atoms with Gasteiger partial charge >= 0.3 is 0 Å². The third kappa shape index (κ3) is 2.68. The normalized spacial score (nSPS) is 28.0. The zero-order chi connectivity index (χ0) is 11.9. The second-order valence-corrected chi connectivity index (χ2v) is 6.57. The molecule has 0 heterocycles. The van der Waals surface area contributed by atoms with Gasteiger partial charge in [0, 0.05) is 0 Å². The number of alkyl halides is 2. The Morgan fingerprint density at radius 1 is 0.933 bits per heavy atom. The highest BCUT2D eigenvalue weighted by atomic mass is 19.3. The second kappa shape index (κ2) is 3.69. The van der Waals surface area contributed by atoms with Gasteiger partial charge in [-0.2, -0.15) is 0 Å². The predicted octanol–water partition coefficient (Wildman–Crippen LogP) is 3.45. The lowest BCUT2D eigenvalue weighted by molar-refractivity contribution is -0.0604. The Bertz CT molecular complexity index is 218. The Balaban J connectivity index is 3.00. The molecule has 0 atom stereocenters. The molecule has 0 saturated heterocycles. The van der Waals surface area contributed by atoms with Crippen LogP contribution in [0, 0.1) is 10.8 Å². The van der Waals surface area contributed by atoms with Gasteiger partial charge in [0.15, 0.2) is 0 Å². The SMILES string of the molecule is CNC1(C(F)F)CC(C)(C)CC(C)(C)C1. The zero-order valence-corrected chi connectivity index (χ0v) is 10.5. The predicted molar refractivity (Wildman–Crippen MR) is 59.2 cm³/mol. The van der Waals surface area contributed by atoms with Crippen LogP contribution in [0.15, 0.2) is 0 Å². The Morgan fingerprint density at radius 2 is 1.33 bits per heavy atom. The number of halogens is 2. The Morgan fingerprint density at radius 3 is 1.60 bits per heavy atom. The minimum atomic E-state index is -2.29. The van der Waals surface area contributed by atoms with Gasteiger partial charge in [-0.15, -0.1) is 0 Å². The van der Waals surface area contributed by atoms with Crippen LogP contribution in [0.5, 0.6) is 0 Å². The molecule has 1 aliphatic carbocycles. The summed E-state index contributed by atoms with van der Waals surface area (Å²) in [6.07, 6.45) is -0.174. The molecule has 3 heteroatoms. The first-order valence-electron chi connectivity index (χ1n) is 5.60. The average molecular weight is 219 g/mol. The quantitative estimate of drug-likeness (QED) is 0.750. The lowest BCUT2D eigenvalue weighted by Gasteiger charge is -2.51. The van der Waals surface area contributed by atoms with Crippen molar-refractivity contribution >= 4 is 0 Å². The summed E-state index contributed by atoms with van der Waals surface area (Å²) in [5, 5.41) is 2.88. The molecule has 0 spiro atoms. The van der Waals surface area contributed by atoms with Crippen LogP contribution >= 0.6 is 0 Å². The maximum atomic E-state index is 13.2. The molecule has 0 aromatic rings. The Kier molecular flexibility index (Phi) is 3.17. The van der Waals surface area contributed by atoms with E-state index in [0.717, 1.165) is 6.42 Å². The van der Waals surface area contributed by atoms with E-state index < -0.39 is 12.0 Å². The van der Waals surface area contributed by atoms with Gasteiger partial charge in [-0.05, 0) is 37.1 Å². The molecule has 0 aromatic carbocycles. The number of nitrogens with one attached hydrogen (secondary N) is 1. The summed E-state index contributed by atoms with van der Waals surface area (Å²) in [4.78, 5) is 0. The third-order valence-corrected chi connectivity index (χ3v) is 3.46. The van der Waals surface area contributed by atoms with Gasteiger partial charge in [0.25, 0.3) is 6.43 Å². The summed E-state index contributed by atoms with van der Waals surface area (Å²) in [7, 11) is 1.66. The van der Waals surface area contributed by atoms with Gasteiger partial charge in [0.05, 0.1) is 5.54 Å². The first-order valence-corrected chi connectivity index (χ1v) is 5.60. The molecule has 1 rings (SSSR count). The molecule has 1 aliphatic rings. The van der Waals surface area contributed by atoms with Crippen molar-refractivity contribution in [1.82, 2.24) is 5.32 Å². The van der Waals surface area contributed by atoms with Crippen molar-refractivity contribution in [3.05, 3.63) is 0 Å². The minimum absolute atomic E-state index is 0.0127. The first-order chi connectivity index (χ1) is 6.63. The van der Waals surface area contributed by atoms with Crippen molar-refractivity contribution in [2.45, 2.75) is 58.9 Å². The lowest BCUT2D eigenvalue weighted by atomic mass is 9.58. The van der Waals surface area contributed by atoms with Gasteiger partial charge < -0.3 is 5.32 Å². The highest BCUT2D eigenvalue weighted by molar-refractivity contribution is 5.03. The molecule has 0 unspecified atom stereocenters. The van der Waals surface area contributed by atoms with Crippen LogP contribution in [-0.4, -0.2) is 19.0 Å². The van der Waals surface area contributed by atoms with Crippen LogP contribution in [0.1, 0.15) is 47.0 Å². The summed E-state index contributed by atoms with van der Waals surface area (Å²) < 4.78 is 26.4. The van der Waals surface area contributed by atoms with Crippen LogP contribution < -0.4 is 5.32 Å². The number of hydrogen-bond donors (Lipinski definition) is 1. The van der Waals surface area contributed by atoms with E-state index in [1.807, 2.05) is 0 Å². The van der Waals surface area contributed by atoms with E-state index in [4.69, 9.17) is 0 Å². The molecule has 1 nitrogen and oxygen atoms in total.